The van der Waals surface area contributed by atoms with Gasteiger partial charge in [-0.25, -0.2) is 15.0 Å². The van der Waals surface area contributed by atoms with Crippen molar-refractivity contribution in [3.8, 4) is 16.9 Å². The summed E-state index contributed by atoms with van der Waals surface area (Å²) in [5.41, 5.74) is 2.91. The third-order valence-electron chi connectivity index (χ3n) is 6.00. The van der Waals surface area contributed by atoms with E-state index in [4.69, 9.17) is 16.3 Å². The van der Waals surface area contributed by atoms with Gasteiger partial charge in [0, 0.05) is 12.4 Å². The van der Waals surface area contributed by atoms with E-state index >= 15 is 0 Å². The molecule has 0 spiro atoms. The first kappa shape index (κ1) is 22.5. The second kappa shape index (κ2) is 8.51. The van der Waals surface area contributed by atoms with Crippen LogP contribution < -0.4 is 4.74 Å². The molecular formula is C26H23ClN4O2S. The minimum absolute atomic E-state index is 0.360. The van der Waals surface area contributed by atoms with E-state index in [0.29, 0.717) is 33.2 Å². The molecule has 0 radical (unpaired) electrons. The fraction of sp³-hybridized carbons (Fsp3) is 0.192. The second-order valence-corrected chi connectivity index (χ2v) is 9.72. The normalized spacial score (nSPS) is 13.2. The molecule has 172 valence electrons. The monoisotopic (exact) mass is 490 g/mol. The lowest BCUT2D eigenvalue weighted by Crippen LogP contribution is -2.31. The zero-order valence-electron chi connectivity index (χ0n) is 19.2. The van der Waals surface area contributed by atoms with Crippen LogP contribution in [0.15, 0.2) is 61.1 Å². The van der Waals surface area contributed by atoms with Crippen molar-refractivity contribution < 1.29 is 9.84 Å². The number of thiazole rings is 1. The van der Waals surface area contributed by atoms with Gasteiger partial charge < -0.3 is 14.4 Å². The number of methoxy groups -OCH3 is 1. The van der Waals surface area contributed by atoms with Gasteiger partial charge in [0.1, 0.15) is 10.9 Å². The highest BCUT2D eigenvalue weighted by Crippen LogP contribution is 2.45. The van der Waals surface area contributed by atoms with E-state index in [0.717, 1.165) is 26.5 Å². The number of aliphatic hydroxyl groups is 1. The Morgan fingerprint density at radius 2 is 1.85 bits per heavy atom. The van der Waals surface area contributed by atoms with Gasteiger partial charge in [-0.05, 0) is 37.1 Å². The standard InChI is InChI=1S/C26H23ClN4O2S/c1-15-24(34-16(2)29-15)26(32,21-13-28-14-31(21)3)18-10-11-20-19(12-18)23(33-4)22(25(27)30-20)17-8-6-5-7-9-17/h5-14,32H,1-4H3. The van der Waals surface area contributed by atoms with Crippen molar-refractivity contribution in [3.63, 3.8) is 0 Å². The third-order valence-corrected chi connectivity index (χ3v) is 7.45. The summed E-state index contributed by atoms with van der Waals surface area (Å²) in [6.07, 6.45) is 3.37. The summed E-state index contributed by atoms with van der Waals surface area (Å²) in [4.78, 5) is 14.2. The molecule has 2 aromatic carbocycles. The summed E-state index contributed by atoms with van der Waals surface area (Å²) >= 11 is 8.08. The molecule has 5 aromatic rings. The molecule has 3 heterocycles. The highest BCUT2D eigenvalue weighted by Gasteiger charge is 2.40. The van der Waals surface area contributed by atoms with Crippen LogP contribution in [0.4, 0.5) is 0 Å². The summed E-state index contributed by atoms with van der Waals surface area (Å²) in [6, 6.07) is 15.4. The number of pyridine rings is 1. The number of ether oxygens (including phenoxy) is 1. The summed E-state index contributed by atoms with van der Waals surface area (Å²) < 4.78 is 7.70. The first-order valence-corrected chi connectivity index (χ1v) is 11.9. The van der Waals surface area contributed by atoms with Crippen LogP contribution in [0.5, 0.6) is 5.75 Å². The van der Waals surface area contributed by atoms with Gasteiger partial charge in [-0.2, -0.15) is 0 Å². The van der Waals surface area contributed by atoms with Crippen LogP contribution in [-0.2, 0) is 12.6 Å². The molecule has 0 aliphatic heterocycles. The smallest absolute Gasteiger partial charge is 0.167 e. The number of imidazole rings is 1. The number of hydrogen-bond donors (Lipinski definition) is 1. The third kappa shape index (κ3) is 3.48. The van der Waals surface area contributed by atoms with Crippen LogP contribution in [0.3, 0.4) is 0 Å². The van der Waals surface area contributed by atoms with Crippen LogP contribution in [0.1, 0.15) is 26.8 Å². The van der Waals surface area contributed by atoms with E-state index in [1.54, 1.807) is 19.6 Å². The van der Waals surface area contributed by atoms with Crippen LogP contribution in [0.2, 0.25) is 5.15 Å². The van der Waals surface area contributed by atoms with Crippen molar-refractivity contribution in [2.24, 2.45) is 7.05 Å². The molecule has 8 heteroatoms. The Balaban J connectivity index is 1.83. The van der Waals surface area contributed by atoms with Crippen molar-refractivity contribution in [1.82, 2.24) is 19.5 Å². The molecule has 0 aliphatic rings. The van der Waals surface area contributed by atoms with E-state index < -0.39 is 5.60 Å². The summed E-state index contributed by atoms with van der Waals surface area (Å²) in [6.45, 7) is 3.85. The lowest BCUT2D eigenvalue weighted by Gasteiger charge is -2.29. The van der Waals surface area contributed by atoms with Gasteiger partial charge in [0.25, 0.3) is 0 Å². The van der Waals surface area contributed by atoms with Crippen LogP contribution in [0, 0.1) is 13.8 Å². The number of nitrogens with zero attached hydrogens (tertiary/aromatic N) is 4. The Bertz CT molecular complexity index is 1510. The Kier molecular flexibility index (Phi) is 5.64. The Labute approximate surface area is 206 Å². The molecule has 0 amide bonds. The van der Waals surface area contributed by atoms with Gasteiger partial charge in [-0.3, -0.25) is 0 Å². The Morgan fingerprint density at radius 3 is 2.47 bits per heavy atom. The average molecular weight is 491 g/mol. The number of fused-ring (bicyclic) bond motifs is 1. The molecule has 6 nitrogen and oxygen atoms in total. The van der Waals surface area contributed by atoms with Gasteiger partial charge in [0.2, 0.25) is 0 Å². The van der Waals surface area contributed by atoms with E-state index in [2.05, 4.69) is 15.0 Å². The number of halogens is 1. The largest absolute Gasteiger partial charge is 0.495 e. The lowest BCUT2D eigenvalue weighted by molar-refractivity contribution is 0.120. The molecule has 1 unspecified atom stereocenters. The summed E-state index contributed by atoms with van der Waals surface area (Å²) in [5.74, 6) is 0.604. The topological polar surface area (TPSA) is 73.1 Å². The highest BCUT2D eigenvalue weighted by molar-refractivity contribution is 7.11. The fourth-order valence-electron chi connectivity index (χ4n) is 4.47. The van der Waals surface area contributed by atoms with E-state index in [-0.39, 0.29) is 0 Å². The van der Waals surface area contributed by atoms with Crippen LogP contribution in [0.25, 0.3) is 22.0 Å². The zero-order chi connectivity index (χ0) is 24.0. The molecule has 1 atom stereocenters. The molecule has 0 bridgehead atoms. The lowest BCUT2D eigenvalue weighted by atomic mass is 9.87. The van der Waals surface area contributed by atoms with Crippen molar-refractivity contribution in [1.29, 1.82) is 0 Å². The van der Waals surface area contributed by atoms with E-state index in [9.17, 15) is 5.11 Å². The molecule has 5 rings (SSSR count). The molecular weight excluding hydrogens is 468 g/mol. The maximum Gasteiger partial charge on any atom is 0.167 e. The fourth-order valence-corrected chi connectivity index (χ4v) is 5.79. The van der Waals surface area contributed by atoms with Crippen molar-refractivity contribution in [2.45, 2.75) is 19.4 Å². The van der Waals surface area contributed by atoms with Crippen molar-refractivity contribution in [2.75, 3.05) is 7.11 Å². The van der Waals surface area contributed by atoms with Gasteiger partial charge in [0.05, 0.1) is 52.0 Å². The SMILES string of the molecule is COc1c(-c2ccccc2)c(Cl)nc2ccc(C(O)(c3sc(C)nc3C)c3cncn3C)cc12. The van der Waals surface area contributed by atoms with Crippen LogP contribution >= 0.6 is 22.9 Å². The molecule has 0 saturated carbocycles. The first-order valence-electron chi connectivity index (χ1n) is 10.7. The minimum Gasteiger partial charge on any atom is -0.495 e. The predicted molar refractivity (Wildman–Crippen MR) is 136 cm³/mol. The molecule has 0 saturated heterocycles. The Hall–Kier alpha value is -3.26. The Morgan fingerprint density at radius 1 is 1.09 bits per heavy atom. The number of rotatable bonds is 5. The maximum absolute atomic E-state index is 12.4. The molecule has 34 heavy (non-hydrogen) atoms. The minimum atomic E-state index is -1.47. The summed E-state index contributed by atoms with van der Waals surface area (Å²) in [7, 11) is 3.49. The molecule has 0 fully saturated rings. The zero-order valence-corrected chi connectivity index (χ0v) is 20.8. The van der Waals surface area contributed by atoms with Crippen molar-refractivity contribution in [3.05, 3.63) is 93.0 Å². The predicted octanol–water partition coefficient (Wildman–Crippen LogP) is 5.65. The van der Waals surface area contributed by atoms with Crippen LogP contribution in [-0.4, -0.2) is 31.7 Å². The summed E-state index contributed by atoms with van der Waals surface area (Å²) in [5, 5.41) is 14.4. The highest BCUT2D eigenvalue weighted by atomic mass is 35.5. The maximum atomic E-state index is 12.4. The number of aryl methyl sites for hydroxylation is 3. The number of aromatic nitrogens is 4. The second-order valence-electron chi connectivity index (χ2n) is 8.16. The first-order chi connectivity index (χ1) is 16.3. The molecule has 0 aliphatic carbocycles. The number of benzene rings is 2. The molecule has 3 aromatic heterocycles. The van der Waals surface area contributed by atoms with Crippen molar-refractivity contribution >= 4 is 33.8 Å². The van der Waals surface area contributed by atoms with E-state index in [1.807, 2.05) is 74.0 Å². The van der Waals surface area contributed by atoms with Gasteiger partial charge in [-0.15, -0.1) is 11.3 Å². The quantitative estimate of drug-likeness (QED) is 0.322. The average Bonchev–Trinajstić information content (AvgIpc) is 3.42. The van der Waals surface area contributed by atoms with E-state index in [1.165, 1.54) is 11.3 Å². The van der Waals surface area contributed by atoms with Gasteiger partial charge in [0.15, 0.2) is 5.60 Å². The number of hydrogen-bond acceptors (Lipinski definition) is 6. The van der Waals surface area contributed by atoms with Gasteiger partial charge in [-0.1, -0.05) is 48.0 Å². The molecule has 1 N–H and O–H groups in total. The van der Waals surface area contributed by atoms with Gasteiger partial charge >= 0.3 is 0 Å².